The number of hydrogen-bond acceptors (Lipinski definition) is 3. The Morgan fingerprint density at radius 3 is 1.57 bits per heavy atom. The van der Waals surface area contributed by atoms with Crippen LogP contribution in [0.4, 0.5) is 0 Å². The Morgan fingerprint density at radius 2 is 1.29 bits per heavy atom. The molecule has 14 heavy (non-hydrogen) atoms. The van der Waals surface area contributed by atoms with Crippen LogP contribution < -0.4 is 0 Å². The van der Waals surface area contributed by atoms with E-state index < -0.39 is 0 Å². The second-order valence-electron chi connectivity index (χ2n) is 4.45. The van der Waals surface area contributed by atoms with Gasteiger partial charge in [-0.2, -0.15) is 0 Å². The van der Waals surface area contributed by atoms with Crippen LogP contribution >= 0.6 is 0 Å². The third kappa shape index (κ3) is 2.50. The summed E-state index contributed by atoms with van der Waals surface area (Å²) in [6.45, 7) is 10.5. The van der Waals surface area contributed by atoms with Crippen LogP contribution in [0, 0.1) is 0 Å². The molecule has 0 amide bonds. The van der Waals surface area contributed by atoms with Crippen LogP contribution in [-0.4, -0.2) is 15.0 Å². The summed E-state index contributed by atoms with van der Waals surface area (Å²) < 4.78 is 0. The number of nitrogens with zero attached hydrogens (tertiary/aromatic N) is 3. The second-order valence-corrected chi connectivity index (χ2v) is 4.45. The third-order valence-corrected chi connectivity index (χ3v) is 2.03. The molecule has 0 saturated heterocycles. The minimum Gasteiger partial charge on any atom is -0.218 e. The molecule has 1 rings (SSSR count). The molecule has 0 atom stereocenters. The zero-order chi connectivity index (χ0) is 10.8. The molecule has 3 heteroatoms. The zero-order valence-electron chi connectivity index (χ0n) is 9.76. The number of hydrogen-bond donors (Lipinski definition) is 0. The van der Waals surface area contributed by atoms with Crippen molar-refractivity contribution in [2.24, 2.45) is 0 Å². The Morgan fingerprint density at radius 1 is 0.857 bits per heavy atom. The summed E-state index contributed by atoms with van der Waals surface area (Å²) >= 11 is 0. The number of aromatic nitrogens is 3. The van der Waals surface area contributed by atoms with Crippen molar-refractivity contribution in [2.75, 3.05) is 0 Å². The highest BCUT2D eigenvalue weighted by atomic mass is 15.0. The van der Waals surface area contributed by atoms with E-state index in [2.05, 4.69) is 49.6 Å². The minimum absolute atomic E-state index is 0.0107. The van der Waals surface area contributed by atoms with Crippen LogP contribution in [0.3, 0.4) is 0 Å². The molecule has 78 valence electrons. The highest BCUT2D eigenvalue weighted by Gasteiger charge is 2.18. The maximum atomic E-state index is 4.45. The van der Waals surface area contributed by atoms with Crippen molar-refractivity contribution < 1.29 is 0 Å². The summed E-state index contributed by atoms with van der Waals surface area (Å²) in [6, 6.07) is 0. The van der Waals surface area contributed by atoms with E-state index in [0.717, 1.165) is 30.3 Å². The zero-order valence-corrected chi connectivity index (χ0v) is 9.76. The summed E-state index contributed by atoms with van der Waals surface area (Å²) in [5, 5.41) is 0. The first-order valence-electron chi connectivity index (χ1n) is 5.21. The molecule has 1 aromatic rings. The topological polar surface area (TPSA) is 38.7 Å². The van der Waals surface area contributed by atoms with Crippen molar-refractivity contribution in [1.29, 1.82) is 0 Å². The van der Waals surface area contributed by atoms with Crippen molar-refractivity contribution in [2.45, 2.75) is 52.9 Å². The Balaban J connectivity index is 3.17. The van der Waals surface area contributed by atoms with E-state index in [0.29, 0.717) is 0 Å². The van der Waals surface area contributed by atoms with Crippen molar-refractivity contribution in [3.8, 4) is 0 Å². The van der Waals surface area contributed by atoms with Gasteiger partial charge in [-0.25, -0.2) is 15.0 Å². The van der Waals surface area contributed by atoms with Crippen molar-refractivity contribution >= 4 is 0 Å². The van der Waals surface area contributed by atoms with Gasteiger partial charge in [0.05, 0.1) is 0 Å². The Bertz CT molecular complexity index is 291. The lowest BCUT2D eigenvalue weighted by Gasteiger charge is -2.17. The van der Waals surface area contributed by atoms with Crippen LogP contribution in [0.1, 0.15) is 52.1 Å². The van der Waals surface area contributed by atoms with Gasteiger partial charge in [0.15, 0.2) is 0 Å². The standard InChI is InChI=1S/C11H19N3/c1-6-8-12-9(7-2)14-10(13-8)11(3,4)5/h6-7H2,1-5H3. The first-order chi connectivity index (χ1) is 6.47. The fourth-order valence-electron chi connectivity index (χ4n) is 1.12. The van der Waals surface area contributed by atoms with E-state index >= 15 is 0 Å². The molecule has 0 radical (unpaired) electrons. The monoisotopic (exact) mass is 193 g/mol. The molecule has 0 N–H and O–H groups in total. The molecule has 0 bridgehead atoms. The molecule has 1 heterocycles. The molecule has 0 unspecified atom stereocenters. The first-order valence-corrected chi connectivity index (χ1v) is 5.21. The van der Waals surface area contributed by atoms with Gasteiger partial charge in [0.1, 0.15) is 17.5 Å². The van der Waals surface area contributed by atoms with E-state index in [-0.39, 0.29) is 5.41 Å². The summed E-state index contributed by atoms with van der Waals surface area (Å²) in [6.07, 6.45) is 1.75. The summed E-state index contributed by atoms with van der Waals surface area (Å²) in [4.78, 5) is 13.3. The molecule has 0 aromatic carbocycles. The fourth-order valence-corrected chi connectivity index (χ4v) is 1.12. The molecule has 0 aliphatic rings. The van der Waals surface area contributed by atoms with Gasteiger partial charge in [-0.1, -0.05) is 34.6 Å². The fraction of sp³-hybridized carbons (Fsp3) is 0.727. The first kappa shape index (κ1) is 11.1. The lowest BCUT2D eigenvalue weighted by atomic mass is 9.96. The molecule has 3 nitrogen and oxygen atoms in total. The largest absolute Gasteiger partial charge is 0.218 e. The summed E-state index contributed by atoms with van der Waals surface area (Å²) in [7, 11) is 0. The smallest absolute Gasteiger partial charge is 0.137 e. The molecule has 0 spiro atoms. The van der Waals surface area contributed by atoms with Crippen molar-refractivity contribution in [3.63, 3.8) is 0 Å². The number of rotatable bonds is 2. The second kappa shape index (κ2) is 4.03. The molecule has 0 fully saturated rings. The lowest BCUT2D eigenvalue weighted by Crippen LogP contribution is -2.19. The van der Waals surface area contributed by atoms with Gasteiger partial charge in [-0.3, -0.25) is 0 Å². The van der Waals surface area contributed by atoms with Gasteiger partial charge in [0.25, 0.3) is 0 Å². The SMILES string of the molecule is CCc1nc(CC)nc(C(C)(C)C)n1. The Kier molecular flexibility index (Phi) is 3.19. The van der Waals surface area contributed by atoms with Crippen LogP contribution in [0.5, 0.6) is 0 Å². The van der Waals surface area contributed by atoms with Gasteiger partial charge in [0, 0.05) is 18.3 Å². The summed E-state index contributed by atoms with van der Waals surface area (Å²) in [5.41, 5.74) is 0.0107. The molecular weight excluding hydrogens is 174 g/mol. The predicted octanol–water partition coefficient (Wildman–Crippen LogP) is 2.29. The van der Waals surface area contributed by atoms with Gasteiger partial charge >= 0.3 is 0 Å². The van der Waals surface area contributed by atoms with Crippen LogP contribution in [0.2, 0.25) is 0 Å². The highest BCUT2D eigenvalue weighted by molar-refractivity contribution is 5.05. The molecule has 1 aromatic heterocycles. The summed E-state index contributed by atoms with van der Waals surface area (Å²) in [5.74, 6) is 2.71. The normalized spacial score (nSPS) is 11.8. The number of aryl methyl sites for hydroxylation is 2. The maximum absolute atomic E-state index is 4.45. The van der Waals surface area contributed by atoms with E-state index in [1.165, 1.54) is 0 Å². The van der Waals surface area contributed by atoms with E-state index in [1.54, 1.807) is 0 Å². The van der Waals surface area contributed by atoms with Crippen LogP contribution in [0.25, 0.3) is 0 Å². The Labute approximate surface area is 86.0 Å². The van der Waals surface area contributed by atoms with Gasteiger partial charge in [-0.05, 0) is 0 Å². The lowest BCUT2D eigenvalue weighted by molar-refractivity contribution is 0.530. The van der Waals surface area contributed by atoms with E-state index in [1.807, 2.05) is 0 Å². The van der Waals surface area contributed by atoms with E-state index in [9.17, 15) is 0 Å². The average molecular weight is 193 g/mol. The van der Waals surface area contributed by atoms with Gasteiger partial charge in [-0.15, -0.1) is 0 Å². The van der Waals surface area contributed by atoms with Crippen LogP contribution in [0.15, 0.2) is 0 Å². The molecular formula is C11H19N3. The van der Waals surface area contributed by atoms with Crippen molar-refractivity contribution in [1.82, 2.24) is 15.0 Å². The van der Waals surface area contributed by atoms with E-state index in [4.69, 9.17) is 0 Å². The van der Waals surface area contributed by atoms with Crippen molar-refractivity contribution in [3.05, 3.63) is 17.5 Å². The highest BCUT2D eigenvalue weighted by Crippen LogP contribution is 2.18. The van der Waals surface area contributed by atoms with Gasteiger partial charge < -0.3 is 0 Å². The molecule has 0 saturated carbocycles. The third-order valence-electron chi connectivity index (χ3n) is 2.03. The maximum Gasteiger partial charge on any atom is 0.137 e. The quantitative estimate of drug-likeness (QED) is 0.723. The Hall–Kier alpha value is -0.990. The average Bonchev–Trinajstić information content (AvgIpc) is 2.15. The minimum atomic E-state index is 0.0107. The predicted molar refractivity (Wildman–Crippen MR) is 57.3 cm³/mol. The molecule has 0 aliphatic heterocycles. The van der Waals surface area contributed by atoms with Crippen LogP contribution in [-0.2, 0) is 18.3 Å². The van der Waals surface area contributed by atoms with Gasteiger partial charge in [0.2, 0.25) is 0 Å². The molecule has 0 aliphatic carbocycles.